The summed E-state index contributed by atoms with van der Waals surface area (Å²) in [6.07, 6.45) is -0.711. The third kappa shape index (κ3) is 3.26. The number of nitrogens with zero attached hydrogens (tertiary/aromatic N) is 1. The van der Waals surface area contributed by atoms with Crippen molar-refractivity contribution >= 4 is 33.5 Å². The first-order valence-electron chi connectivity index (χ1n) is 7.18. The lowest BCUT2D eigenvalue weighted by molar-refractivity contribution is -0.135. The Kier molecular flexibility index (Phi) is 4.53. The molecule has 0 fully saturated rings. The molecular formula is C17H13BrFNO4. The highest BCUT2D eigenvalue weighted by atomic mass is 79.9. The zero-order valence-corrected chi connectivity index (χ0v) is 14.2. The van der Waals surface area contributed by atoms with Crippen LogP contribution in [-0.2, 0) is 9.59 Å². The smallest absolute Gasteiger partial charge is 0.331 e. The predicted molar refractivity (Wildman–Crippen MR) is 88.6 cm³/mol. The molecule has 0 bridgehead atoms. The molecule has 124 valence electrons. The molecule has 1 unspecified atom stereocenters. The fraction of sp³-hybridized carbons (Fsp3) is 0.176. The molecule has 0 N–H and O–H groups in total. The van der Waals surface area contributed by atoms with Gasteiger partial charge in [0.15, 0.2) is 17.7 Å². The van der Waals surface area contributed by atoms with Crippen LogP contribution < -0.4 is 14.4 Å². The number of carbonyl (C=O) groups is 2. The first kappa shape index (κ1) is 16.4. The molecule has 1 atom stereocenters. The molecule has 5 nitrogen and oxygen atoms in total. The van der Waals surface area contributed by atoms with Crippen molar-refractivity contribution in [3.05, 3.63) is 52.8 Å². The van der Waals surface area contributed by atoms with Gasteiger partial charge in [0.25, 0.3) is 5.91 Å². The molecule has 1 aliphatic heterocycles. The Bertz CT molecular complexity index is 811. The number of benzene rings is 2. The largest absolute Gasteiger partial charge is 0.479 e. The maximum Gasteiger partial charge on any atom is 0.331 e. The molecule has 2 aromatic rings. The number of hydrogen-bond acceptors (Lipinski definition) is 4. The maximum absolute atomic E-state index is 13.8. The van der Waals surface area contributed by atoms with Gasteiger partial charge in [-0.15, -0.1) is 0 Å². The Hall–Kier alpha value is -2.41. The Morgan fingerprint density at radius 2 is 2.08 bits per heavy atom. The SMILES string of the molecule is CC1Oc2ccccc2N(CC(=O)Oc2ccc(Br)cc2F)C1=O. The average molecular weight is 394 g/mol. The van der Waals surface area contributed by atoms with Gasteiger partial charge in [0.1, 0.15) is 12.3 Å². The minimum atomic E-state index is -0.742. The molecule has 3 rings (SSSR count). The average Bonchev–Trinajstić information content (AvgIpc) is 2.54. The van der Waals surface area contributed by atoms with Gasteiger partial charge >= 0.3 is 5.97 Å². The van der Waals surface area contributed by atoms with E-state index in [-0.39, 0.29) is 18.2 Å². The third-order valence-electron chi connectivity index (χ3n) is 3.48. The van der Waals surface area contributed by atoms with Crippen LogP contribution in [0.3, 0.4) is 0 Å². The molecule has 0 spiro atoms. The molecular weight excluding hydrogens is 381 g/mol. The van der Waals surface area contributed by atoms with Gasteiger partial charge in [-0.05, 0) is 37.3 Å². The second-order valence-corrected chi connectivity index (χ2v) is 6.12. The predicted octanol–water partition coefficient (Wildman–Crippen LogP) is 3.31. The number of hydrogen-bond donors (Lipinski definition) is 0. The van der Waals surface area contributed by atoms with Crippen molar-refractivity contribution in [3.63, 3.8) is 0 Å². The number of esters is 1. The fourth-order valence-corrected chi connectivity index (χ4v) is 2.70. The summed E-state index contributed by atoms with van der Waals surface area (Å²) in [6, 6.07) is 11.0. The van der Waals surface area contributed by atoms with E-state index in [1.807, 2.05) is 0 Å². The van der Waals surface area contributed by atoms with Gasteiger partial charge < -0.3 is 9.47 Å². The molecule has 1 amide bonds. The normalized spacial score (nSPS) is 16.4. The Balaban J connectivity index is 1.79. The summed E-state index contributed by atoms with van der Waals surface area (Å²) in [7, 11) is 0. The van der Waals surface area contributed by atoms with E-state index in [2.05, 4.69) is 15.9 Å². The number of anilines is 1. The number of carbonyl (C=O) groups excluding carboxylic acids is 2. The topological polar surface area (TPSA) is 55.8 Å². The van der Waals surface area contributed by atoms with Crippen molar-refractivity contribution in [3.8, 4) is 11.5 Å². The quantitative estimate of drug-likeness (QED) is 0.592. The molecule has 0 saturated heterocycles. The summed E-state index contributed by atoms with van der Waals surface area (Å²) in [5.41, 5.74) is 0.480. The zero-order chi connectivity index (χ0) is 17.3. The highest BCUT2D eigenvalue weighted by Crippen LogP contribution is 2.33. The Morgan fingerprint density at radius 1 is 1.33 bits per heavy atom. The molecule has 1 heterocycles. The lowest BCUT2D eigenvalue weighted by Gasteiger charge is -2.32. The van der Waals surface area contributed by atoms with Gasteiger partial charge in [0.05, 0.1) is 5.69 Å². The molecule has 2 aromatic carbocycles. The van der Waals surface area contributed by atoms with Crippen LogP contribution in [0.4, 0.5) is 10.1 Å². The van der Waals surface area contributed by atoms with Gasteiger partial charge in [-0.1, -0.05) is 28.1 Å². The first-order valence-corrected chi connectivity index (χ1v) is 7.98. The van der Waals surface area contributed by atoms with Crippen LogP contribution in [0, 0.1) is 5.82 Å². The van der Waals surface area contributed by atoms with E-state index >= 15 is 0 Å². The van der Waals surface area contributed by atoms with Crippen LogP contribution in [0.1, 0.15) is 6.92 Å². The number of halogens is 2. The van der Waals surface area contributed by atoms with Crippen molar-refractivity contribution in [2.45, 2.75) is 13.0 Å². The van der Waals surface area contributed by atoms with E-state index in [4.69, 9.17) is 9.47 Å². The lowest BCUT2D eigenvalue weighted by Crippen LogP contribution is -2.47. The van der Waals surface area contributed by atoms with Gasteiger partial charge in [0.2, 0.25) is 0 Å². The molecule has 0 aromatic heterocycles. The molecule has 0 aliphatic carbocycles. The van der Waals surface area contributed by atoms with Gasteiger partial charge in [-0.3, -0.25) is 9.69 Å². The number of fused-ring (bicyclic) bond motifs is 1. The summed E-state index contributed by atoms with van der Waals surface area (Å²) >= 11 is 3.13. The molecule has 24 heavy (non-hydrogen) atoms. The summed E-state index contributed by atoms with van der Waals surface area (Å²) < 4.78 is 24.8. The lowest BCUT2D eigenvalue weighted by atomic mass is 10.2. The summed E-state index contributed by atoms with van der Waals surface area (Å²) in [5, 5.41) is 0. The van der Waals surface area contributed by atoms with Crippen LogP contribution >= 0.6 is 15.9 Å². The van der Waals surface area contributed by atoms with Crippen molar-refractivity contribution in [1.82, 2.24) is 0 Å². The number of ether oxygens (including phenoxy) is 2. The molecule has 1 aliphatic rings. The Morgan fingerprint density at radius 3 is 2.83 bits per heavy atom. The van der Waals surface area contributed by atoms with E-state index in [9.17, 15) is 14.0 Å². The summed E-state index contributed by atoms with van der Waals surface area (Å²) in [4.78, 5) is 25.7. The van der Waals surface area contributed by atoms with Gasteiger partial charge in [-0.25, -0.2) is 9.18 Å². The zero-order valence-electron chi connectivity index (χ0n) is 12.7. The number of rotatable bonds is 3. The highest BCUT2D eigenvalue weighted by molar-refractivity contribution is 9.10. The van der Waals surface area contributed by atoms with Gasteiger partial charge in [0, 0.05) is 4.47 Å². The van der Waals surface area contributed by atoms with E-state index in [1.54, 1.807) is 37.3 Å². The minimum absolute atomic E-state index is 0.190. The van der Waals surface area contributed by atoms with Crippen LogP contribution in [0.25, 0.3) is 0 Å². The van der Waals surface area contributed by atoms with Crippen molar-refractivity contribution in [1.29, 1.82) is 0 Å². The maximum atomic E-state index is 13.8. The summed E-state index contributed by atoms with van der Waals surface area (Å²) in [6.45, 7) is 1.27. The van der Waals surface area contributed by atoms with Crippen molar-refractivity contribution in [2.75, 3.05) is 11.4 Å². The van der Waals surface area contributed by atoms with E-state index in [0.717, 1.165) is 0 Å². The van der Waals surface area contributed by atoms with E-state index < -0.39 is 17.9 Å². The van der Waals surface area contributed by atoms with Crippen molar-refractivity contribution in [2.24, 2.45) is 0 Å². The van der Waals surface area contributed by atoms with E-state index in [1.165, 1.54) is 17.0 Å². The molecule has 0 radical (unpaired) electrons. The number of para-hydroxylation sites is 2. The molecule has 0 saturated carbocycles. The monoisotopic (exact) mass is 393 g/mol. The summed E-state index contributed by atoms with van der Waals surface area (Å²) in [5.74, 6) is -1.45. The van der Waals surface area contributed by atoms with Crippen LogP contribution in [0.2, 0.25) is 0 Å². The third-order valence-corrected chi connectivity index (χ3v) is 3.97. The highest BCUT2D eigenvalue weighted by Gasteiger charge is 2.33. The standard InChI is InChI=1S/C17H13BrFNO4/c1-10-17(22)20(13-4-2-3-5-15(13)23-10)9-16(21)24-14-7-6-11(18)8-12(14)19/h2-8,10H,9H2,1H3. The van der Waals surface area contributed by atoms with Crippen LogP contribution in [-0.4, -0.2) is 24.5 Å². The van der Waals surface area contributed by atoms with Crippen LogP contribution in [0.15, 0.2) is 46.9 Å². The molecule has 7 heteroatoms. The van der Waals surface area contributed by atoms with Gasteiger partial charge in [-0.2, -0.15) is 0 Å². The fourth-order valence-electron chi connectivity index (χ4n) is 2.36. The van der Waals surface area contributed by atoms with Crippen molar-refractivity contribution < 1.29 is 23.5 Å². The van der Waals surface area contributed by atoms with E-state index in [0.29, 0.717) is 15.9 Å². The Labute approximate surface area is 146 Å². The van der Waals surface area contributed by atoms with Crippen LogP contribution in [0.5, 0.6) is 11.5 Å². The minimum Gasteiger partial charge on any atom is -0.479 e. The second kappa shape index (κ2) is 6.60. The first-order chi connectivity index (χ1) is 11.5. The number of amides is 1. The second-order valence-electron chi connectivity index (χ2n) is 5.20.